The number of carbonyl (C=O) groups is 1. The minimum atomic E-state index is -0.0975. The molecule has 24 heavy (non-hydrogen) atoms. The zero-order valence-electron chi connectivity index (χ0n) is 13.3. The van der Waals surface area contributed by atoms with Crippen molar-refractivity contribution in [2.45, 2.75) is 18.9 Å². The van der Waals surface area contributed by atoms with E-state index >= 15 is 0 Å². The first-order valence-corrected chi connectivity index (χ1v) is 10.3. The smallest absolute Gasteiger partial charge is 0.231 e. The summed E-state index contributed by atoms with van der Waals surface area (Å²) < 4.78 is 0.843. The molecule has 0 bridgehead atoms. The van der Waals surface area contributed by atoms with Gasteiger partial charge in [-0.1, -0.05) is 60.4 Å². The van der Waals surface area contributed by atoms with E-state index in [0.717, 1.165) is 27.9 Å². The summed E-state index contributed by atoms with van der Waals surface area (Å²) in [7, 11) is 0. The fourth-order valence-corrected chi connectivity index (χ4v) is 4.61. The van der Waals surface area contributed by atoms with E-state index in [0.29, 0.717) is 5.75 Å². The van der Waals surface area contributed by atoms with Gasteiger partial charge in [0.1, 0.15) is 4.32 Å². The van der Waals surface area contributed by atoms with Gasteiger partial charge in [0.25, 0.3) is 0 Å². The monoisotopic (exact) mass is 376 g/mol. The molecule has 1 N–H and O–H groups in total. The van der Waals surface area contributed by atoms with Crippen molar-refractivity contribution in [3.8, 4) is 0 Å². The third-order valence-corrected chi connectivity index (χ3v) is 6.42. The van der Waals surface area contributed by atoms with Crippen LogP contribution in [0.5, 0.6) is 0 Å². The van der Waals surface area contributed by atoms with E-state index in [1.54, 1.807) is 11.3 Å². The van der Waals surface area contributed by atoms with Crippen LogP contribution in [0.2, 0.25) is 0 Å². The van der Waals surface area contributed by atoms with Crippen molar-refractivity contribution >= 4 is 45.5 Å². The van der Waals surface area contributed by atoms with Crippen molar-refractivity contribution in [2.24, 2.45) is 0 Å². The minimum Gasteiger partial charge on any atom is -0.358 e. The topological polar surface area (TPSA) is 32.3 Å². The Kier molecular flexibility index (Phi) is 6.29. The van der Waals surface area contributed by atoms with E-state index in [1.807, 2.05) is 41.8 Å². The average Bonchev–Trinajstić information content (AvgIpc) is 3.31. The predicted molar refractivity (Wildman–Crippen MR) is 107 cm³/mol. The van der Waals surface area contributed by atoms with Gasteiger partial charge in [0.2, 0.25) is 5.91 Å². The second kappa shape index (κ2) is 8.65. The lowest BCUT2D eigenvalue weighted by atomic mass is 10.1. The highest BCUT2D eigenvalue weighted by molar-refractivity contribution is 8.23. The predicted octanol–water partition coefficient (Wildman–Crippen LogP) is 4.07. The first-order chi connectivity index (χ1) is 11.7. The maximum Gasteiger partial charge on any atom is 0.231 e. The van der Waals surface area contributed by atoms with Gasteiger partial charge in [-0.15, -0.1) is 11.3 Å². The number of carbonyl (C=O) groups excluding carboxylic acids is 1. The van der Waals surface area contributed by atoms with Gasteiger partial charge in [0.05, 0.1) is 11.8 Å². The van der Waals surface area contributed by atoms with Crippen LogP contribution in [0.3, 0.4) is 0 Å². The maximum atomic E-state index is 12.4. The molecule has 0 radical (unpaired) electrons. The van der Waals surface area contributed by atoms with Crippen LogP contribution < -0.4 is 5.32 Å². The second-order valence-electron chi connectivity index (χ2n) is 5.68. The summed E-state index contributed by atoms with van der Waals surface area (Å²) >= 11 is 8.55. The average molecular weight is 377 g/mol. The molecule has 1 aromatic heterocycles. The molecule has 126 valence electrons. The molecule has 0 unspecified atom stereocenters. The van der Waals surface area contributed by atoms with Gasteiger partial charge in [-0.3, -0.25) is 4.79 Å². The fourth-order valence-electron chi connectivity index (χ4n) is 2.74. The Morgan fingerprint density at radius 3 is 2.62 bits per heavy atom. The van der Waals surface area contributed by atoms with Crippen molar-refractivity contribution < 1.29 is 4.79 Å². The summed E-state index contributed by atoms with van der Waals surface area (Å²) in [6.45, 7) is 2.05. The Morgan fingerprint density at radius 2 is 1.96 bits per heavy atom. The van der Waals surface area contributed by atoms with Gasteiger partial charge in [-0.2, -0.15) is 0 Å². The molecule has 1 saturated heterocycles. The van der Waals surface area contributed by atoms with Crippen LogP contribution in [-0.2, 0) is 4.79 Å². The number of rotatable bonds is 5. The number of hydrogen-bond acceptors (Lipinski definition) is 4. The quantitative estimate of drug-likeness (QED) is 0.798. The molecule has 0 saturated carbocycles. The fraction of sp³-hybridized carbons (Fsp3) is 0.333. The number of likely N-dealkylation sites (tertiary alicyclic amines) is 1. The molecule has 2 aromatic rings. The lowest BCUT2D eigenvalue weighted by molar-refractivity contribution is -0.119. The van der Waals surface area contributed by atoms with Gasteiger partial charge >= 0.3 is 0 Å². The number of thioether (sulfide) groups is 1. The molecular weight excluding hydrogens is 356 g/mol. The second-order valence-corrected chi connectivity index (χ2v) is 8.26. The molecule has 1 amide bonds. The maximum absolute atomic E-state index is 12.4. The Morgan fingerprint density at radius 1 is 1.21 bits per heavy atom. The summed E-state index contributed by atoms with van der Waals surface area (Å²) in [6.07, 6.45) is 2.39. The van der Waals surface area contributed by atoms with Crippen molar-refractivity contribution in [1.29, 1.82) is 0 Å². The summed E-state index contributed by atoms with van der Waals surface area (Å²) in [4.78, 5) is 15.8. The molecule has 3 nitrogen and oxygen atoms in total. The molecule has 1 atom stereocenters. The first kappa shape index (κ1) is 17.5. The van der Waals surface area contributed by atoms with Crippen LogP contribution in [0.25, 0.3) is 0 Å². The molecule has 6 heteroatoms. The van der Waals surface area contributed by atoms with Crippen LogP contribution in [0.4, 0.5) is 0 Å². The number of nitrogens with one attached hydrogen (secondary N) is 1. The van der Waals surface area contributed by atoms with E-state index in [2.05, 4.69) is 16.3 Å². The van der Waals surface area contributed by atoms with Crippen LogP contribution in [-0.4, -0.2) is 34.0 Å². The van der Waals surface area contributed by atoms with Crippen molar-refractivity contribution in [3.05, 3.63) is 58.3 Å². The summed E-state index contributed by atoms with van der Waals surface area (Å²) in [6, 6.07) is 14.1. The third kappa shape index (κ3) is 4.59. The number of amides is 1. The van der Waals surface area contributed by atoms with Gasteiger partial charge in [-0.25, -0.2) is 0 Å². The molecule has 1 aliphatic rings. The molecular formula is C18H20N2OS3. The third-order valence-electron chi connectivity index (χ3n) is 3.96. The van der Waals surface area contributed by atoms with E-state index < -0.39 is 0 Å². The number of benzene rings is 1. The molecule has 1 aromatic carbocycles. The van der Waals surface area contributed by atoms with Gasteiger partial charge in [-0.05, 0) is 29.9 Å². The normalized spacial score (nSPS) is 15.2. The van der Waals surface area contributed by atoms with Crippen molar-refractivity contribution in [2.75, 3.05) is 18.8 Å². The Bertz CT molecular complexity index is 667. The lowest BCUT2D eigenvalue weighted by Crippen LogP contribution is -2.32. The molecule has 1 fully saturated rings. The van der Waals surface area contributed by atoms with Crippen molar-refractivity contribution in [3.63, 3.8) is 0 Å². The summed E-state index contributed by atoms with van der Waals surface area (Å²) in [5.74, 6) is 0.383. The molecule has 0 spiro atoms. The van der Waals surface area contributed by atoms with Crippen LogP contribution in [0.1, 0.15) is 29.3 Å². The van der Waals surface area contributed by atoms with Gasteiger partial charge in [0, 0.05) is 18.0 Å². The standard InChI is InChI=1S/C18H20N2OS3/c21-16(13-24-18(22)20-10-4-5-11-20)19-17(15-9-6-12-23-15)14-7-2-1-3-8-14/h1-3,6-9,12,17H,4-5,10-11,13H2,(H,19,21)/t17-/m1/s1. The number of thiocarbonyl (C=S) groups is 1. The highest BCUT2D eigenvalue weighted by atomic mass is 32.2. The van der Waals surface area contributed by atoms with Crippen LogP contribution in [0.15, 0.2) is 47.8 Å². The molecule has 0 aliphatic carbocycles. The molecule has 1 aliphatic heterocycles. The number of thiophene rings is 1. The van der Waals surface area contributed by atoms with E-state index in [4.69, 9.17) is 12.2 Å². The van der Waals surface area contributed by atoms with Crippen LogP contribution >= 0.6 is 35.3 Å². The van der Waals surface area contributed by atoms with Crippen molar-refractivity contribution in [1.82, 2.24) is 10.2 Å². The molecule has 3 rings (SSSR count). The number of nitrogens with zero attached hydrogens (tertiary/aromatic N) is 1. The van der Waals surface area contributed by atoms with Gasteiger partial charge in [0.15, 0.2) is 0 Å². The minimum absolute atomic E-state index is 0.0174. The largest absolute Gasteiger partial charge is 0.358 e. The summed E-state index contributed by atoms with van der Waals surface area (Å²) in [5.41, 5.74) is 1.10. The van der Waals surface area contributed by atoms with Gasteiger partial charge < -0.3 is 10.2 Å². The van der Waals surface area contributed by atoms with E-state index in [1.165, 1.54) is 24.6 Å². The lowest BCUT2D eigenvalue weighted by Gasteiger charge is -2.20. The van der Waals surface area contributed by atoms with E-state index in [9.17, 15) is 4.79 Å². The Balaban J connectivity index is 1.60. The molecule has 2 heterocycles. The summed E-state index contributed by atoms with van der Waals surface area (Å²) in [5, 5.41) is 5.19. The van der Waals surface area contributed by atoms with E-state index in [-0.39, 0.29) is 11.9 Å². The Labute approximate surface area is 156 Å². The van der Waals surface area contributed by atoms with Crippen LogP contribution in [0, 0.1) is 0 Å². The Hall–Kier alpha value is -1.37. The highest BCUT2D eigenvalue weighted by Crippen LogP contribution is 2.26. The zero-order valence-corrected chi connectivity index (χ0v) is 15.8. The number of hydrogen-bond donors (Lipinski definition) is 1. The zero-order chi connectivity index (χ0) is 16.8. The SMILES string of the molecule is O=C(CSC(=S)N1CCCC1)N[C@H](c1ccccc1)c1cccs1. The first-order valence-electron chi connectivity index (χ1n) is 8.03. The highest BCUT2D eigenvalue weighted by Gasteiger charge is 2.20.